The quantitative estimate of drug-likeness (QED) is 0.676. The summed E-state index contributed by atoms with van der Waals surface area (Å²) in [6.07, 6.45) is 0. The van der Waals surface area contributed by atoms with Crippen molar-refractivity contribution in [1.29, 1.82) is 0 Å². The minimum absolute atomic E-state index is 0.101. The Bertz CT molecular complexity index is 529. The Morgan fingerprint density at radius 1 is 1.00 bits per heavy atom. The molecule has 106 valence electrons. The molecule has 20 heavy (non-hydrogen) atoms. The predicted molar refractivity (Wildman–Crippen MR) is 77.7 cm³/mol. The summed E-state index contributed by atoms with van der Waals surface area (Å²) in [5.41, 5.74) is 2.00. The number of nitrogens with one attached hydrogen (secondary N) is 1. The van der Waals surface area contributed by atoms with E-state index in [0.29, 0.717) is 25.4 Å². The molecule has 0 heterocycles. The first-order valence-electron chi connectivity index (χ1n) is 6.60. The molecule has 0 atom stereocenters. The molecule has 0 fully saturated rings. The van der Waals surface area contributed by atoms with E-state index in [0.717, 1.165) is 11.1 Å². The minimum Gasteiger partial charge on any atom is -0.504 e. The molecule has 0 amide bonds. The van der Waals surface area contributed by atoms with E-state index in [1.807, 2.05) is 36.4 Å². The van der Waals surface area contributed by atoms with E-state index in [1.165, 1.54) is 0 Å². The molecule has 2 aromatic rings. The Balaban J connectivity index is 1.92. The van der Waals surface area contributed by atoms with E-state index in [-0.39, 0.29) is 12.4 Å². The molecule has 4 nitrogen and oxygen atoms in total. The summed E-state index contributed by atoms with van der Waals surface area (Å²) in [6.45, 7) is 1.67. The van der Waals surface area contributed by atoms with Crippen LogP contribution < -0.4 is 10.1 Å². The van der Waals surface area contributed by atoms with Gasteiger partial charge in [0.05, 0.1) is 6.61 Å². The van der Waals surface area contributed by atoms with Crippen LogP contribution in [0.1, 0.15) is 11.1 Å². The van der Waals surface area contributed by atoms with Gasteiger partial charge in [-0.1, -0.05) is 36.4 Å². The molecule has 0 radical (unpaired) electrons. The first-order chi connectivity index (χ1) is 9.79. The number of hydrogen-bond acceptors (Lipinski definition) is 4. The summed E-state index contributed by atoms with van der Waals surface area (Å²) >= 11 is 0. The number of phenolic OH excluding ortho intramolecular Hbond substituents is 1. The lowest BCUT2D eigenvalue weighted by Gasteiger charge is -2.10. The molecule has 2 aromatic carbocycles. The van der Waals surface area contributed by atoms with E-state index >= 15 is 0 Å². The molecule has 4 heteroatoms. The summed E-state index contributed by atoms with van der Waals surface area (Å²) < 4.78 is 5.59. The van der Waals surface area contributed by atoms with Crippen LogP contribution in [0.5, 0.6) is 11.5 Å². The van der Waals surface area contributed by atoms with Gasteiger partial charge in [0.25, 0.3) is 0 Å². The van der Waals surface area contributed by atoms with Crippen molar-refractivity contribution in [3.63, 3.8) is 0 Å². The van der Waals surface area contributed by atoms with Crippen LogP contribution in [0.25, 0.3) is 0 Å². The Kier molecular flexibility index (Phi) is 5.41. The van der Waals surface area contributed by atoms with Crippen LogP contribution in [-0.2, 0) is 13.2 Å². The van der Waals surface area contributed by atoms with Gasteiger partial charge in [0.1, 0.15) is 6.61 Å². The van der Waals surface area contributed by atoms with Gasteiger partial charge >= 0.3 is 0 Å². The van der Waals surface area contributed by atoms with E-state index < -0.39 is 0 Å². The summed E-state index contributed by atoms with van der Waals surface area (Å²) in [4.78, 5) is 0. The Morgan fingerprint density at radius 3 is 2.50 bits per heavy atom. The number of aliphatic hydroxyl groups excluding tert-OH is 1. The van der Waals surface area contributed by atoms with Crippen LogP contribution >= 0.6 is 0 Å². The SMILES string of the molecule is OCCNCc1ccc(OCc2ccccc2)c(O)c1. The third-order valence-electron chi connectivity index (χ3n) is 2.88. The number of ether oxygens (including phenoxy) is 1. The maximum Gasteiger partial charge on any atom is 0.161 e. The number of hydrogen-bond donors (Lipinski definition) is 3. The molecule has 0 aliphatic heterocycles. The lowest BCUT2D eigenvalue weighted by atomic mass is 10.2. The molecule has 3 N–H and O–H groups in total. The standard InChI is InChI=1S/C16H19NO3/c18-9-8-17-11-14-6-7-16(15(19)10-14)20-12-13-4-2-1-3-5-13/h1-7,10,17-19H,8-9,11-12H2. The molecular formula is C16H19NO3. The summed E-state index contributed by atoms with van der Waals surface area (Å²) in [5, 5.41) is 21.7. The van der Waals surface area contributed by atoms with E-state index in [1.54, 1.807) is 12.1 Å². The maximum absolute atomic E-state index is 9.92. The topological polar surface area (TPSA) is 61.7 Å². The molecule has 0 aliphatic rings. The third kappa shape index (κ3) is 4.26. The van der Waals surface area contributed by atoms with Crippen LogP contribution in [0, 0.1) is 0 Å². The lowest BCUT2D eigenvalue weighted by Crippen LogP contribution is -2.17. The van der Waals surface area contributed by atoms with Crippen molar-refractivity contribution in [2.45, 2.75) is 13.2 Å². The number of benzene rings is 2. The molecule has 0 saturated heterocycles. The fourth-order valence-electron chi connectivity index (χ4n) is 1.84. The predicted octanol–water partition coefficient (Wildman–Crippen LogP) is 2.05. The Labute approximate surface area is 118 Å². The number of rotatable bonds is 7. The van der Waals surface area contributed by atoms with Gasteiger partial charge in [-0.3, -0.25) is 0 Å². The average molecular weight is 273 g/mol. The van der Waals surface area contributed by atoms with Gasteiger partial charge in [-0.2, -0.15) is 0 Å². The fraction of sp³-hybridized carbons (Fsp3) is 0.250. The zero-order valence-electron chi connectivity index (χ0n) is 11.2. The zero-order chi connectivity index (χ0) is 14.2. The normalized spacial score (nSPS) is 10.4. The molecular weight excluding hydrogens is 254 g/mol. The van der Waals surface area contributed by atoms with Crippen molar-refractivity contribution >= 4 is 0 Å². The minimum atomic E-state index is 0.101. The van der Waals surface area contributed by atoms with Crippen LogP contribution in [0.15, 0.2) is 48.5 Å². The van der Waals surface area contributed by atoms with Crippen molar-refractivity contribution in [2.75, 3.05) is 13.2 Å². The van der Waals surface area contributed by atoms with Crippen LogP contribution in [0.3, 0.4) is 0 Å². The highest BCUT2D eigenvalue weighted by Gasteiger charge is 2.04. The summed E-state index contributed by atoms with van der Waals surface area (Å²) in [7, 11) is 0. The van der Waals surface area contributed by atoms with Crippen molar-refractivity contribution in [3.8, 4) is 11.5 Å². The summed E-state index contributed by atoms with van der Waals surface area (Å²) in [6, 6.07) is 15.1. The Hall–Kier alpha value is -2.04. The van der Waals surface area contributed by atoms with Gasteiger partial charge in [-0.15, -0.1) is 0 Å². The third-order valence-corrected chi connectivity index (χ3v) is 2.88. The molecule has 0 aliphatic carbocycles. The second-order valence-corrected chi connectivity index (χ2v) is 4.48. The van der Waals surface area contributed by atoms with Gasteiger partial charge in [0.15, 0.2) is 11.5 Å². The average Bonchev–Trinajstić information content (AvgIpc) is 2.48. The number of phenols is 1. The fourth-order valence-corrected chi connectivity index (χ4v) is 1.84. The van der Waals surface area contributed by atoms with Crippen molar-refractivity contribution < 1.29 is 14.9 Å². The van der Waals surface area contributed by atoms with Crippen LogP contribution in [-0.4, -0.2) is 23.4 Å². The van der Waals surface area contributed by atoms with Gasteiger partial charge in [-0.05, 0) is 23.3 Å². The molecule has 0 unspecified atom stereocenters. The Morgan fingerprint density at radius 2 is 1.80 bits per heavy atom. The number of aliphatic hydroxyl groups is 1. The van der Waals surface area contributed by atoms with Gasteiger partial charge in [0, 0.05) is 13.1 Å². The van der Waals surface area contributed by atoms with E-state index in [4.69, 9.17) is 9.84 Å². The zero-order valence-corrected chi connectivity index (χ0v) is 11.2. The molecule has 0 spiro atoms. The van der Waals surface area contributed by atoms with Crippen LogP contribution in [0.4, 0.5) is 0 Å². The number of aromatic hydroxyl groups is 1. The molecule has 2 rings (SSSR count). The van der Waals surface area contributed by atoms with Crippen molar-refractivity contribution in [1.82, 2.24) is 5.32 Å². The first kappa shape index (κ1) is 14.4. The van der Waals surface area contributed by atoms with Crippen molar-refractivity contribution in [2.24, 2.45) is 0 Å². The van der Waals surface area contributed by atoms with Crippen molar-refractivity contribution in [3.05, 3.63) is 59.7 Å². The second kappa shape index (κ2) is 7.53. The van der Waals surface area contributed by atoms with Gasteiger partial charge in [-0.25, -0.2) is 0 Å². The largest absolute Gasteiger partial charge is 0.504 e. The van der Waals surface area contributed by atoms with E-state index in [9.17, 15) is 5.11 Å². The first-order valence-corrected chi connectivity index (χ1v) is 6.60. The summed E-state index contributed by atoms with van der Waals surface area (Å²) in [5.74, 6) is 0.601. The smallest absolute Gasteiger partial charge is 0.161 e. The van der Waals surface area contributed by atoms with Gasteiger partial charge < -0.3 is 20.3 Å². The molecule has 0 aromatic heterocycles. The monoisotopic (exact) mass is 273 g/mol. The van der Waals surface area contributed by atoms with Crippen LogP contribution in [0.2, 0.25) is 0 Å². The highest BCUT2D eigenvalue weighted by Crippen LogP contribution is 2.27. The van der Waals surface area contributed by atoms with Gasteiger partial charge in [0.2, 0.25) is 0 Å². The van der Waals surface area contributed by atoms with E-state index in [2.05, 4.69) is 5.32 Å². The molecule has 0 saturated carbocycles. The molecule has 0 bridgehead atoms. The maximum atomic E-state index is 9.92. The second-order valence-electron chi connectivity index (χ2n) is 4.48. The highest BCUT2D eigenvalue weighted by molar-refractivity contribution is 5.41. The highest BCUT2D eigenvalue weighted by atomic mass is 16.5. The lowest BCUT2D eigenvalue weighted by molar-refractivity contribution is 0.288.